The quantitative estimate of drug-likeness (QED) is 0.662. The summed E-state index contributed by atoms with van der Waals surface area (Å²) in [5.41, 5.74) is 2.45. The van der Waals surface area contributed by atoms with Gasteiger partial charge in [0, 0.05) is 17.1 Å². The number of rotatable bonds is 0. The molecule has 0 saturated carbocycles. The largest absolute Gasteiger partial charge is 0.361 e. The molecule has 1 aliphatic heterocycles. The van der Waals surface area contributed by atoms with Crippen LogP contribution in [0.5, 0.6) is 0 Å². The Kier molecular flexibility index (Phi) is 1.82. The molecule has 1 aromatic rings. The normalized spacial score (nSPS) is 15.5. The second-order valence-corrected chi connectivity index (χ2v) is 3.61. The van der Waals surface area contributed by atoms with Crippen LogP contribution in [0.4, 0.5) is 5.69 Å². The number of nitrogens with one attached hydrogen (secondary N) is 1. The first kappa shape index (κ1) is 8.30. The third kappa shape index (κ3) is 1.33. The highest BCUT2D eigenvalue weighted by atomic mass is 14.8. The predicted octanol–water partition coefficient (Wildman–Crippen LogP) is 1.77. The molecule has 0 radical (unpaired) electrons. The van der Waals surface area contributed by atoms with Crippen molar-refractivity contribution in [1.29, 1.82) is 0 Å². The van der Waals surface area contributed by atoms with Crippen molar-refractivity contribution in [1.82, 2.24) is 0 Å². The molecule has 0 aromatic heterocycles. The summed E-state index contributed by atoms with van der Waals surface area (Å²) in [7, 11) is 0. The Morgan fingerprint density at radius 1 is 0.800 bits per heavy atom. The summed E-state index contributed by atoms with van der Waals surface area (Å²) < 4.78 is 0. The minimum absolute atomic E-state index is 1.18. The zero-order chi connectivity index (χ0) is 10.1. The molecule has 1 nitrogen and oxygen atoms in total. The SMILES string of the molecule is C1=CC=c2c(ccc3c2=CC=CN3)C=C1. The van der Waals surface area contributed by atoms with Crippen molar-refractivity contribution in [3.63, 3.8) is 0 Å². The van der Waals surface area contributed by atoms with Gasteiger partial charge in [-0.05, 0) is 22.9 Å². The number of hydrogen-bond donors (Lipinski definition) is 1. The van der Waals surface area contributed by atoms with Crippen LogP contribution in [0, 0.1) is 0 Å². The smallest absolute Gasteiger partial charge is 0.0459 e. The highest BCUT2D eigenvalue weighted by molar-refractivity contribution is 5.67. The Morgan fingerprint density at radius 3 is 2.73 bits per heavy atom. The Morgan fingerprint density at radius 2 is 1.73 bits per heavy atom. The van der Waals surface area contributed by atoms with E-state index in [1.54, 1.807) is 0 Å². The van der Waals surface area contributed by atoms with Crippen LogP contribution in [0.1, 0.15) is 5.56 Å². The van der Waals surface area contributed by atoms with Crippen LogP contribution in [0.2, 0.25) is 0 Å². The number of fused-ring (bicyclic) bond motifs is 3. The minimum Gasteiger partial charge on any atom is -0.361 e. The van der Waals surface area contributed by atoms with Gasteiger partial charge < -0.3 is 5.32 Å². The first-order chi connectivity index (χ1) is 7.45. The fourth-order valence-electron chi connectivity index (χ4n) is 1.95. The van der Waals surface area contributed by atoms with Crippen molar-refractivity contribution in [2.24, 2.45) is 0 Å². The van der Waals surface area contributed by atoms with Gasteiger partial charge in [0.2, 0.25) is 0 Å². The lowest BCUT2D eigenvalue weighted by Gasteiger charge is -2.08. The van der Waals surface area contributed by atoms with Crippen LogP contribution in [-0.4, -0.2) is 0 Å². The molecular formula is C14H11N. The van der Waals surface area contributed by atoms with Crippen molar-refractivity contribution in [2.75, 3.05) is 5.32 Å². The van der Waals surface area contributed by atoms with Crippen molar-refractivity contribution < 1.29 is 0 Å². The van der Waals surface area contributed by atoms with Crippen molar-refractivity contribution in [3.8, 4) is 0 Å². The van der Waals surface area contributed by atoms with E-state index < -0.39 is 0 Å². The highest BCUT2D eigenvalue weighted by Crippen LogP contribution is 2.05. The van der Waals surface area contributed by atoms with Gasteiger partial charge in [0.1, 0.15) is 0 Å². The molecule has 0 bridgehead atoms. The van der Waals surface area contributed by atoms with Crippen LogP contribution in [-0.2, 0) is 0 Å². The maximum atomic E-state index is 3.25. The van der Waals surface area contributed by atoms with E-state index in [1.807, 2.05) is 12.3 Å². The molecule has 0 unspecified atom stereocenters. The maximum absolute atomic E-state index is 3.25. The zero-order valence-corrected chi connectivity index (χ0v) is 8.27. The third-order valence-corrected chi connectivity index (χ3v) is 2.68. The molecule has 72 valence electrons. The van der Waals surface area contributed by atoms with Crippen molar-refractivity contribution >= 4 is 23.9 Å². The Labute approximate surface area is 88.4 Å². The van der Waals surface area contributed by atoms with Gasteiger partial charge in [-0.2, -0.15) is 0 Å². The second kappa shape index (κ2) is 3.28. The van der Waals surface area contributed by atoms with E-state index in [0.717, 1.165) is 0 Å². The third-order valence-electron chi connectivity index (χ3n) is 2.68. The van der Waals surface area contributed by atoms with E-state index in [2.05, 4.69) is 53.9 Å². The molecular weight excluding hydrogens is 182 g/mol. The second-order valence-electron chi connectivity index (χ2n) is 3.61. The molecule has 15 heavy (non-hydrogen) atoms. The summed E-state index contributed by atoms with van der Waals surface area (Å²) >= 11 is 0. The van der Waals surface area contributed by atoms with E-state index in [-0.39, 0.29) is 0 Å². The number of allylic oxidation sites excluding steroid dienone is 4. The molecule has 0 fully saturated rings. The fraction of sp³-hybridized carbons (Fsp3) is 0. The summed E-state index contributed by atoms with van der Waals surface area (Å²) in [6.45, 7) is 0. The lowest BCUT2D eigenvalue weighted by atomic mass is 10.1. The van der Waals surface area contributed by atoms with Gasteiger partial charge in [0.25, 0.3) is 0 Å². The maximum Gasteiger partial charge on any atom is 0.0459 e. The van der Waals surface area contributed by atoms with Crippen LogP contribution in [0.25, 0.3) is 18.2 Å². The van der Waals surface area contributed by atoms with E-state index in [0.29, 0.717) is 0 Å². The molecule has 1 heterocycles. The summed E-state index contributed by atoms with van der Waals surface area (Å²) in [4.78, 5) is 0. The molecule has 1 N–H and O–H groups in total. The Hall–Kier alpha value is -2.02. The fourth-order valence-corrected chi connectivity index (χ4v) is 1.95. The first-order valence-electron chi connectivity index (χ1n) is 5.07. The van der Waals surface area contributed by atoms with Gasteiger partial charge in [0.05, 0.1) is 0 Å². The van der Waals surface area contributed by atoms with Gasteiger partial charge in [-0.15, -0.1) is 0 Å². The Bertz CT molecular complexity index is 601. The van der Waals surface area contributed by atoms with Gasteiger partial charge in [-0.25, -0.2) is 0 Å². The van der Waals surface area contributed by atoms with Crippen LogP contribution >= 0.6 is 0 Å². The summed E-state index contributed by atoms with van der Waals surface area (Å²) in [6.07, 6.45) is 16.6. The van der Waals surface area contributed by atoms with Gasteiger partial charge in [0.15, 0.2) is 0 Å². The Balaban J connectivity index is 2.46. The van der Waals surface area contributed by atoms with E-state index in [9.17, 15) is 0 Å². The summed E-state index contributed by atoms with van der Waals surface area (Å²) in [5, 5.41) is 5.81. The number of benzene rings is 1. The molecule has 1 aliphatic carbocycles. The lowest BCUT2D eigenvalue weighted by molar-refractivity contribution is 1.43. The number of hydrogen-bond acceptors (Lipinski definition) is 1. The molecule has 1 aromatic carbocycles. The minimum atomic E-state index is 1.18. The van der Waals surface area contributed by atoms with E-state index in [1.165, 1.54) is 21.7 Å². The van der Waals surface area contributed by atoms with Crippen LogP contribution in [0.3, 0.4) is 0 Å². The van der Waals surface area contributed by atoms with Crippen molar-refractivity contribution in [3.05, 3.63) is 58.6 Å². The number of anilines is 1. The first-order valence-corrected chi connectivity index (χ1v) is 5.07. The average Bonchev–Trinajstić information content (AvgIpc) is 2.54. The molecule has 0 amide bonds. The van der Waals surface area contributed by atoms with Gasteiger partial charge >= 0.3 is 0 Å². The van der Waals surface area contributed by atoms with Gasteiger partial charge in [-0.1, -0.05) is 42.5 Å². The molecule has 0 saturated heterocycles. The lowest BCUT2D eigenvalue weighted by Crippen LogP contribution is -2.30. The predicted molar refractivity (Wildman–Crippen MR) is 65.6 cm³/mol. The van der Waals surface area contributed by atoms with E-state index in [4.69, 9.17) is 0 Å². The summed E-state index contributed by atoms with van der Waals surface area (Å²) in [5.74, 6) is 0. The topological polar surface area (TPSA) is 12.0 Å². The van der Waals surface area contributed by atoms with Crippen molar-refractivity contribution in [2.45, 2.75) is 0 Å². The molecule has 2 aliphatic rings. The molecule has 1 heteroatoms. The van der Waals surface area contributed by atoms with Crippen LogP contribution < -0.4 is 15.8 Å². The molecule has 0 spiro atoms. The van der Waals surface area contributed by atoms with E-state index >= 15 is 0 Å². The molecule has 3 rings (SSSR count). The average molecular weight is 193 g/mol. The standard InChI is InChI=1S/C14H11N/c1-2-5-11-8-9-14-13(7-4-10-15-14)12(11)6-3-1/h1-10,15H. The van der Waals surface area contributed by atoms with Gasteiger partial charge in [-0.3, -0.25) is 0 Å². The zero-order valence-electron chi connectivity index (χ0n) is 8.27. The highest BCUT2D eigenvalue weighted by Gasteiger charge is 2.01. The monoisotopic (exact) mass is 193 g/mol. The summed E-state index contributed by atoms with van der Waals surface area (Å²) in [6, 6.07) is 4.27. The molecule has 0 atom stereocenters. The van der Waals surface area contributed by atoms with Crippen LogP contribution in [0.15, 0.2) is 42.6 Å².